The lowest BCUT2D eigenvalue weighted by molar-refractivity contribution is -0.140. The predicted octanol–water partition coefficient (Wildman–Crippen LogP) is 6.40. The fourth-order valence-electron chi connectivity index (χ4n) is 4.31. The molecular formula is C29H32Cl3N3O4S. The number of sulfonamides is 1. The number of carbonyl (C=O) groups is 2. The second-order valence-corrected chi connectivity index (χ2v) is 12.4. The monoisotopic (exact) mass is 623 g/mol. The number of amides is 2. The maximum atomic E-state index is 14.1. The predicted molar refractivity (Wildman–Crippen MR) is 162 cm³/mol. The van der Waals surface area contributed by atoms with Crippen molar-refractivity contribution in [3.05, 3.63) is 92.4 Å². The maximum Gasteiger partial charge on any atom is 0.264 e. The molecular weight excluding hydrogens is 593 g/mol. The van der Waals surface area contributed by atoms with Gasteiger partial charge in [0.1, 0.15) is 12.6 Å². The van der Waals surface area contributed by atoms with Crippen LogP contribution in [0.3, 0.4) is 0 Å². The molecule has 0 saturated heterocycles. The van der Waals surface area contributed by atoms with Gasteiger partial charge in [0.15, 0.2) is 0 Å². The molecule has 3 aromatic carbocycles. The van der Waals surface area contributed by atoms with Crippen molar-refractivity contribution in [1.29, 1.82) is 0 Å². The van der Waals surface area contributed by atoms with E-state index in [0.29, 0.717) is 38.4 Å². The van der Waals surface area contributed by atoms with E-state index in [1.165, 1.54) is 17.0 Å². The minimum atomic E-state index is -4.20. The number of carbonyl (C=O) groups excluding carboxylic acids is 2. The Balaban J connectivity index is 2.13. The van der Waals surface area contributed by atoms with E-state index >= 15 is 0 Å². The number of nitrogens with zero attached hydrogens (tertiary/aromatic N) is 2. The SMILES string of the molecule is CCNC(=O)[C@@H](CC)N(Cc1c(Cl)cccc1Cl)C(=O)CN(c1ccc(Cl)cc1C)S(=O)(=O)c1ccc(C)cc1. The van der Waals surface area contributed by atoms with Gasteiger partial charge in [-0.15, -0.1) is 0 Å². The molecule has 0 saturated carbocycles. The van der Waals surface area contributed by atoms with Gasteiger partial charge in [0.2, 0.25) is 11.8 Å². The number of halogens is 3. The second kappa shape index (κ2) is 13.7. The van der Waals surface area contributed by atoms with Crippen LogP contribution in [0.25, 0.3) is 0 Å². The van der Waals surface area contributed by atoms with Gasteiger partial charge in [0.25, 0.3) is 10.0 Å². The first-order chi connectivity index (χ1) is 18.9. The first-order valence-corrected chi connectivity index (χ1v) is 15.3. The molecule has 0 radical (unpaired) electrons. The zero-order valence-electron chi connectivity index (χ0n) is 22.7. The first-order valence-electron chi connectivity index (χ1n) is 12.8. The Kier molecular flexibility index (Phi) is 10.9. The molecule has 0 heterocycles. The largest absolute Gasteiger partial charge is 0.355 e. The van der Waals surface area contributed by atoms with Gasteiger partial charge in [-0.2, -0.15) is 0 Å². The molecule has 11 heteroatoms. The standard InChI is InChI=1S/C29H32Cl3N3O4S/c1-5-26(29(37)33-6-2)34(17-23-24(31)8-7-9-25(23)32)28(36)18-35(27-15-12-21(30)16-20(27)4)40(38,39)22-13-10-19(3)11-14-22/h7-16,26H,5-6,17-18H2,1-4H3,(H,33,37)/t26-/m1/s1. The molecule has 1 atom stereocenters. The Labute approximate surface area is 251 Å². The molecule has 0 aliphatic heterocycles. The summed E-state index contributed by atoms with van der Waals surface area (Å²) in [6.45, 7) is 6.82. The Hall–Kier alpha value is -2.78. The first kappa shape index (κ1) is 31.7. The summed E-state index contributed by atoms with van der Waals surface area (Å²) < 4.78 is 29.0. The summed E-state index contributed by atoms with van der Waals surface area (Å²) in [5.74, 6) is -0.962. The summed E-state index contributed by atoms with van der Waals surface area (Å²) >= 11 is 19.0. The van der Waals surface area contributed by atoms with Crippen LogP contribution in [0.5, 0.6) is 0 Å². The molecule has 3 rings (SSSR count). The van der Waals surface area contributed by atoms with Crippen LogP contribution >= 0.6 is 34.8 Å². The van der Waals surface area contributed by atoms with E-state index in [4.69, 9.17) is 34.8 Å². The Morgan fingerprint density at radius 1 is 0.925 bits per heavy atom. The highest BCUT2D eigenvalue weighted by Gasteiger charge is 2.34. The van der Waals surface area contributed by atoms with Gasteiger partial charge in [-0.1, -0.05) is 65.5 Å². The van der Waals surface area contributed by atoms with Crippen molar-refractivity contribution in [1.82, 2.24) is 10.2 Å². The average molecular weight is 625 g/mol. The molecule has 2 amide bonds. The van der Waals surface area contributed by atoms with E-state index < -0.39 is 28.5 Å². The third-order valence-electron chi connectivity index (χ3n) is 6.44. The fraction of sp³-hybridized carbons (Fsp3) is 0.310. The van der Waals surface area contributed by atoms with E-state index in [2.05, 4.69) is 5.32 Å². The van der Waals surface area contributed by atoms with E-state index in [-0.39, 0.29) is 23.8 Å². The fourth-order valence-corrected chi connectivity index (χ4v) is 6.54. The lowest BCUT2D eigenvalue weighted by Crippen LogP contribution is -2.52. The Morgan fingerprint density at radius 3 is 2.10 bits per heavy atom. The van der Waals surface area contributed by atoms with Crippen LogP contribution in [0.1, 0.15) is 37.0 Å². The van der Waals surface area contributed by atoms with Gasteiger partial charge in [-0.25, -0.2) is 8.42 Å². The van der Waals surface area contributed by atoms with E-state index in [1.54, 1.807) is 69.3 Å². The van der Waals surface area contributed by atoms with Gasteiger partial charge >= 0.3 is 0 Å². The third-order valence-corrected chi connectivity index (χ3v) is 9.16. The summed E-state index contributed by atoms with van der Waals surface area (Å²) in [6, 6.07) is 15.2. The minimum absolute atomic E-state index is 0.0247. The highest BCUT2D eigenvalue weighted by atomic mass is 35.5. The molecule has 0 unspecified atom stereocenters. The summed E-state index contributed by atoms with van der Waals surface area (Å²) in [5.41, 5.74) is 2.20. The number of benzene rings is 3. The van der Waals surface area contributed by atoms with E-state index in [0.717, 1.165) is 9.87 Å². The van der Waals surface area contributed by atoms with Crippen LogP contribution in [0.2, 0.25) is 15.1 Å². The van der Waals surface area contributed by atoms with E-state index in [9.17, 15) is 18.0 Å². The molecule has 214 valence electrons. The smallest absolute Gasteiger partial charge is 0.264 e. The van der Waals surface area contributed by atoms with Crippen molar-refractivity contribution >= 4 is 62.3 Å². The lowest BCUT2D eigenvalue weighted by Gasteiger charge is -2.34. The van der Waals surface area contributed by atoms with Gasteiger partial charge in [0, 0.05) is 33.7 Å². The molecule has 0 aliphatic rings. The van der Waals surface area contributed by atoms with Crippen LogP contribution in [-0.4, -0.2) is 44.3 Å². The minimum Gasteiger partial charge on any atom is -0.355 e. The van der Waals surface area contributed by atoms with Gasteiger partial charge in [-0.3, -0.25) is 13.9 Å². The lowest BCUT2D eigenvalue weighted by atomic mass is 10.1. The maximum absolute atomic E-state index is 14.1. The van der Waals surface area contributed by atoms with Crippen molar-refractivity contribution < 1.29 is 18.0 Å². The number of aryl methyl sites for hydroxylation is 2. The van der Waals surface area contributed by atoms with Crippen molar-refractivity contribution in [3.63, 3.8) is 0 Å². The topological polar surface area (TPSA) is 86.8 Å². The molecule has 0 aromatic heterocycles. The average Bonchev–Trinajstić information content (AvgIpc) is 2.89. The highest BCUT2D eigenvalue weighted by Crippen LogP contribution is 2.31. The summed E-state index contributed by atoms with van der Waals surface area (Å²) in [7, 11) is -4.20. The zero-order valence-corrected chi connectivity index (χ0v) is 25.8. The van der Waals surface area contributed by atoms with Crippen LogP contribution in [-0.2, 0) is 26.2 Å². The van der Waals surface area contributed by atoms with Crippen molar-refractivity contribution in [3.8, 4) is 0 Å². The molecule has 0 fully saturated rings. The van der Waals surface area contributed by atoms with Crippen LogP contribution in [0.4, 0.5) is 5.69 Å². The molecule has 3 aromatic rings. The summed E-state index contributed by atoms with van der Waals surface area (Å²) in [6.07, 6.45) is 0.282. The molecule has 40 heavy (non-hydrogen) atoms. The number of rotatable bonds is 11. The van der Waals surface area contributed by atoms with Crippen molar-refractivity contribution in [2.24, 2.45) is 0 Å². The Morgan fingerprint density at radius 2 is 1.55 bits per heavy atom. The van der Waals surface area contributed by atoms with Crippen LogP contribution < -0.4 is 9.62 Å². The van der Waals surface area contributed by atoms with Gasteiger partial charge in [-0.05, 0) is 75.2 Å². The Bertz CT molecular complexity index is 1460. The van der Waals surface area contributed by atoms with Gasteiger partial charge in [0.05, 0.1) is 10.6 Å². The number of hydrogen-bond acceptors (Lipinski definition) is 4. The molecule has 0 spiro atoms. The quantitative estimate of drug-likeness (QED) is 0.267. The normalized spacial score (nSPS) is 12.1. The third kappa shape index (κ3) is 7.29. The summed E-state index contributed by atoms with van der Waals surface area (Å²) in [4.78, 5) is 28.5. The van der Waals surface area contributed by atoms with Crippen LogP contribution in [0.15, 0.2) is 65.6 Å². The number of nitrogens with one attached hydrogen (secondary N) is 1. The second-order valence-electron chi connectivity index (χ2n) is 9.30. The number of likely N-dealkylation sites (N-methyl/N-ethyl adjacent to an activating group) is 1. The molecule has 7 nitrogen and oxygen atoms in total. The summed E-state index contributed by atoms with van der Waals surface area (Å²) in [5, 5.41) is 3.85. The molecule has 0 aliphatic carbocycles. The van der Waals surface area contributed by atoms with Crippen molar-refractivity contribution in [2.45, 2.75) is 51.6 Å². The van der Waals surface area contributed by atoms with Gasteiger partial charge < -0.3 is 10.2 Å². The zero-order chi connectivity index (χ0) is 29.6. The van der Waals surface area contributed by atoms with E-state index in [1.807, 2.05) is 6.92 Å². The van der Waals surface area contributed by atoms with Crippen molar-refractivity contribution in [2.75, 3.05) is 17.4 Å². The van der Waals surface area contributed by atoms with Crippen LogP contribution in [0, 0.1) is 13.8 Å². The highest BCUT2D eigenvalue weighted by molar-refractivity contribution is 7.92. The molecule has 0 bridgehead atoms. The number of anilines is 1. The molecule has 1 N–H and O–H groups in total. The number of hydrogen-bond donors (Lipinski definition) is 1.